The van der Waals surface area contributed by atoms with E-state index in [1.165, 1.54) is 9.36 Å². The molecule has 0 bridgehead atoms. The maximum Gasteiger partial charge on any atom is 0.278 e. The van der Waals surface area contributed by atoms with Crippen LogP contribution < -0.4 is 10.3 Å². The molecule has 1 aromatic carbocycles. The van der Waals surface area contributed by atoms with Crippen LogP contribution >= 0.6 is 11.6 Å². The zero-order chi connectivity index (χ0) is 16.4. The summed E-state index contributed by atoms with van der Waals surface area (Å²) in [6.07, 6.45) is 0. The summed E-state index contributed by atoms with van der Waals surface area (Å²) >= 11 is 6.33. The van der Waals surface area contributed by atoms with Gasteiger partial charge in [-0.3, -0.25) is 14.2 Å². The Hall–Kier alpha value is -2.32. The Morgan fingerprint density at radius 1 is 1.27 bits per heavy atom. The lowest BCUT2D eigenvalue weighted by molar-refractivity contribution is 0.341. The number of hydrogen-bond acceptors (Lipinski definition) is 3. The van der Waals surface area contributed by atoms with Crippen LogP contribution in [0.5, 0.6) is 11.6 Å². The highest BCUT2D eigenvalue weighted by molar-refractivity contribution is 6.34. The van der Waals surface area contributed by atoms with Crippen molar-refractivity contribution in [2.75, 3.05) is 6.61 Å². The molecule has 0 atom stereocenters. The van der Waals surface area contributed by atoms with Gasteiger partial charge >= 0.3 is 0 Å². The quantitative estimate of drug-likeness (QED) is 0.884. The van der Waals surface area contributed by atoms with Gasteiger partial charge in [0.05, 0.1) is 17.2 Å². The van der Waals surface area contributed by atoms with E-state index in [0.717, 1.165) is 0 Å². The zero-order valence-corrected chi connectivity index (χ0v) is 13.7. The second-order valence-electron chi connectivity index (χ2n) is 4.69. The summed E-state index contributed by atoms with van der Waals surface area (Å²) in [7, 11) is 3.15. The van der Waals surface area contributed by atoms with Crippen molar-refractivity contribution < 1.29 is 9.84 Å². The van der Waals surface area contributed by atoms with Crippen molar-refractivity contribution >= 4 is 11.6 Å². The van der Waals surface area contributed by atoms with Crippen LogP contribution in [0.3, 0.4) is 0 Å². The molecule has 0 aliphatic carbocycles. The second kappa shape index (κ2) is 6.20. The fourth-order valence-electron chi connectivity index (χ4n) is 2.23. The van der Waals surface area contributed by atoms with E-state index in [-0.39, 0.29) is 17.0 Å². The van der Waals surface area contributed by atoms with Gasteiger partial charge in [-0.2, -0.15) is 0 Å². The summed E-state index contributed by atoms with van der Waals surface area (Å²) in [6.45, 7) is 3.96. The molecule has 0 fully saturated rings. The van der Waals surface area contributed by atoms with Gasteiger partial charge < -0.3 is 9.84 Å². The molecule has 6 heteroatoms. The first-order valence-electron chi connectivity index (χ1n) is 6.76. The van der Waals surface area contributed by atoms with Crippen LogP contribution in [0.15, 0.2) is 16.9 Å². The lowest BCUT2D eigenvalue weighted by atomic mass is 10.0. The minimum absolute atomic E-state index is 0.120. The van der Waals surface area contributed by atoms with Crippen molar-refractivity contribution in [3.63, 3.8) is 0 Å². The van der Waals surface area contributed by atoms with Gasteiger partial charge in [0.15, 0.2) is 0 Å². The Morgan fingerprint density at radius 3 is 2.45 bits per heavy atom. The molecule has 116 valence electrons. The first-order valence-corrected chi connectivity index (χ1v) is 7.14. The van der Waals surface area contributed by atoms with Gasteiger partial charge in [0.25, 0.3) is 5.56 Å². The molecule has 1 N–H and O–H groups in total. The Morgan fingerprint density at radius 2 is 1.95 bits per heavy atom. The van der Waals surface area contributed by atoms with E-state index in [4.69, 9.17) is 16.3 Å². The number of aromatic nitrogens is 2. The predicted molar refractivity (Wildman–Crippen MR) is 86.5 cm³/mol. The molecule has 0 amide bonds. The molecular weight excluding hydrogens is 304 g/mol. The van der Waals surface area contributed by atoms with Gasteiger partial charge in [-0.15, -0.1) is 5.92 Å². The normalized spacial score (nSPS) is 10.2. The molecule has 0 aliphatic rings. The third-order valence-corrected chi connectivity index (χ3v) is 3.66. The topological polar surface area (TPSA) is 56.4 Å². The number of halogens is 1. The summed E-state index contributed by atoms with van der Waals surface area (Å²) in [5, 5.41) is 10.6. The van der Waals surface area contributed by atoms with Crippen LogP contribution in [0.4, 0.5) is 0 Å². The maximum absolute atomic E-state index is 12.4. The number of nitrogens with zero attached hydrogens (tertiary/aromatic N) is 2. The molecular formula is C16H17ClN2O3. The first kappa shape index (κ1) is 16.1. The predicted octanol–water partition coefficient (Wildman–Crippen LogP) is 2.52. The lowest BCUT2D eigenvalue weighted by Crippen LogP contribution is -2.17. The molecule has 2 rings (SSSR count). The molecule has 0 spiro atoms. The SMILES string of the molecule is CC#Cc1cc(Cl)c(-c2c(O)n(C)n(C)c2=O)c(OCC)c1. The third-order valence-electron chi connectivity index (χ3n) is 3.36. The minimum Gasteiger partial charge on any atom is -0.493 e. The number of aromatic hydroxyl groups is 1. The zero-order valence-electron chi connectivity index (χ0n) is 12.9. The number of benzene rings is 1. The minimum atomic E-state index is -0.350. The average molecular weight is 321 g/mol. The fourth-order valence-corrected chi connectivity index (χ4v) is 2.53. The Kier molecular flexibility index (Phi) is 4.53. The second-order valence-corrected chi connectivity index (χ2v) is 5.10. The maximum atomic E-state index is 12.4. The van der Waals surface area contributed by atoms with Gasteiger partial charge in [0.2, 0.25) is 5.88 Å². The monoisotopic (exact) mass is 320 g/mol. The van der Waals surface area contributed by atoms with Gasteiger partial charge in [0.1, 0.15) is 11.3 Å². The average Bonchev–Trinajstić information content (AvgIpc) is 2.65. The van der Waals surface area contributed by atoms with Crippen LogP contribution in [0.25, 0.3) is 11.1 Å². The molecule has 0 unspecified atom stereocenters. The molecule has 0 radical (unpaired) electrons. The highest BCUT2D eigenvalue weighted by Gasteiger charge is 2.23. The standard InChI is InChI=1S/C16H17ClN2O3/c1-5-7-10-8-11(17)13(12(9-10)22-6-2)14-15(20)18(3)19(4)16(14)21/h8-9,20H,6H2,1-4H3. The van der Waals surface area contributed by atoms with Crippen molar-refractivity contribution in [1.29, 1.82) is 0 Å². The van der Waals surface area contributed by atoms with E-state index < -0.39 is 0 Å². The van der Waals surface area contributed by atoms with Crippen LogP contribution in [0.2, 0.25) is 5.02 Å². The smallest absolute Gasteiger partial charge is 0.278 e. The molecule has 1 aromatic heterocycles. The number of hydrogen-bond donors (Lipinski definition) is 1. The number of rotatable bonds is 3. The van der Waals surface area contributed by atoms with Gasteiger partial charge in [-0.05, 0) is 26.0 Å². The van der Waals surface area contributed by atoms with E-state index in [1.807, 2.05) is 6.92 Å². The number of ether oxygens (including phenoxy) is 1. The van der Waals surface area contributed by atoms with Crippen molar-refractivity contribution in [3.8, 4) is 34.6 Å². The highest BCUT2D eigenvalue weighted by atomic mass is 35.5. The van der Waals surface area contributed by atoms with Gasteiger partial charge in [-0.1, -0.05) is 17.5 Å². The first-order chi connectivity index (χ1) is 10.4. The summed E-state index contributed by atoms with van der Waals surface area (Å²) in [6, 6.07) is 3.37. The molecule has 1 heterocycles. The molecule has 5 nitrogen and oxygen atoms in total. The molecule has 2 aromatic rings. The van der Waals surface area contributed by atoms with E-state index in [0.29, 0.717) is 28.5 Å². The summed E-state index contributed by atoms with van der Waals surface area (Å²) < 4.78 is 8.25. The van der Waals surface area contributed by atoms with Crippen LogP contribution in [-0.4, -0.2) is 21.1 Å². The Balaban J connectivity index is 2.82. The lowest BCUT2D eigenvalue weighted by Gasteiger charge is -2.11. The molecule has 0 saturated carbocycles. The van der Waals surface area contributed by atoms with Gasteiger partial charge in [-0.25, -0.2) is 0 Å². The Bertz CT molecular complexity index is 838. The fraction of sp³-hybridized carbons (Fsp3) is 0.312. The van der Waals surface area contributed by atoms with Crippen LogP contribution in [0.1, 0.15) is 19.4 Å². The van der Waals surface area contributed by atoms with Crippen molar-refractivity contribution in [2.24, 2.45) is 14.1 Å². The molecule has 22 heavy (non-hydrogen) atoms. The van der Waals surface area contributed by atoms with Crippen molar-refractivity contribution in [3.05, 3.63) is 33.1 Å². The van der Waals surface area contributed by atoms with E-state index in [2.05, 4.69) is 11.8 Å². The Labute approximate surface area is 133 Å². The summed E-state index contributed by atoms with van der Waals surface area (Å²) in [5.74, 6) is 5.96. The van der Waals surface area contributed by atoms with E-state index >= 15 is 0 Å². The van der Waals surface area contributed by atoms with Gasteiger partial charge in [0, 0.05) is 19.7 Å². The summed E-state index contributed by atoms with van der Waals surface area (Å²) in [5.41, 5.74) is 0.836. The highest BCUT2D eigenvalue weighted by Crippen LogP contribution is 2.40. The van der Waals surface area contributed by atoms with E-state index in [1.54, 1.807) is 33.2 Å². The largest absolute Gasteiger partial charge is 0.493 e. The molecule has 0 saturated heterocycles. The summed E-state index contributed by atoms with van der Waals surface area (Å²) in [4.78, 5) is 12.4. The third kappa shape index (κ3) is 2.58. The van der Waals surface area contributed by atoms with E-state index in [9.17, 15) is 9.90 Å². The molecule has 0 aliphatic heterocycles. The van der Waals surface area contributed by atoms with Crippen molar-refractivity contribution in [2.45, 2.75) is 13.8 Å². The van der Waals surface area contributed by atoms with Crippen LogP contribution in [0, 0.1) is 11.8 Å². The van der Waals surface area contributed by atoms with Crippen molar-refractivity contribution in [1.82, 2.24) is 9.36 Å². The van der Waals surface area contributed by atoms with Crippen LogP contribution in [-0.2, 0) is 14.1 Å².